The molecule has 25 heavy (non-hydrogen) atoms. The molecule has 3 rings (SSSR count). The molecular weight excluding hydrogens is 332 g/mol. The summed E-state index contributed by atoms with van der Waals surface area (Å²) in [5, 5.41) is 3.36. The first-order chi connectivity index (χ1) is 11.8. The molecule has 1 N–H and O–H groups in total. The molecule has 1 fully saturated rings. The normalized spacial score (nSPS) is 15.8. The largest absolute Gasteiger partial charge is 0.341 e. The zero-order chi connectivity index (χ0) is 16.6. The molecule has 0 bridgehead atoms. The number of hydrogen-bond donors (Lipinski definition) is 1. The first kappa shape index (κ1) is 19.5. The first-order valence-corrected chi connectivity index (χ1v) is 8.90. The van der Waals surface area contributed by atoms with E-state index in [-0.39, 0.29) is 24.2 Å². The van der Waals surface area contributed by atoms with Gasteiger partial charge < -0.3 is 10.2 Å². The Balaban J connectivity index is 0.00000225. The third-order valence-corrected chi connectivity index (χ3v) is 4.71. The summed E-state index contributed by atoms with van der Waals surface area (Å²) < 4.78 is 0. The lowest BCUT2D eigenvalue weighted by Gasteiger charge is -2.24. The molecule has 2 aromatic carbocycles. The van der Waals surface area contributed by atoms with Gasteiger partial charge in [0.05, 0.1) is 0 Å². The number of carbonyl (C=O) groups excluding carboxylic acids is 1. The van der Waals surface area contributed by atoms with Crippen LogP contribution in [0.5, 0.6) is 0 Å². The van der Waals surface area contributed by atoms with Gasteiger partial charge in [-0.1, -0.05) is 60.7 Å². The van der Waals surface area contributed by atoms with Crippen molar-refractivity contribution in [2.45, 2.75) is 25.2 Å². The summed E-state index contributed by atoms with van der Waals surface area (Å²) >= 11 is 0. The van der Waals surface area contributed by atoms with E-state index in [1.165, 1.54) is 11.1 Å². The lowest BCUT2D eigenvalue weighted by molar-refractivity contribution is -0.131. The van der Waals surface area contributed by atoms with Crippen LogP contribution in [0.1, 0.15) is 29.9 Å². The highest BCUT2D eigenvalue weighted by molar-refractivity contribution is 5.85. The summed E-state index contributed by atoms with van der Waals surface area (Å²) in [6, 6.07) is 20.9. The molecule has 4 heteroatoms. The van der Waals surface area contributed by atoms with Crippen LogP contribution in [0.2, 0.25) is 0 Å². The Bertz CT molecular complexity index is 625. The highest BCUT2D eigenvalue weighted by Crippen LogP contribution is 2.25. The number of rotatable bonds is 5. The van der Waals surface area contributed by atoms with E-state index < -0.39 is 0 Å². The Morgan fingerprint density at radius 3 is 2.36 bits per heavy atom. The number of nitrogens with zero attached hydrogens (tertiary/aromatic N) is 1. The molecule has 0 saturated carbocycles. The smallest absolute Gasteiger partial charge is 0.223 e. The second-order valence-corrected chi connectivity index (χ2v) is 6.49. The molecule has 1 amide bonds. The van der Waals surface area contributed by atoms with Gasteiger partial charge in [0.15, 0.2) is 0 Å². The number of hydrogen-bond acceptors (Lipinski definition) is 2. The Morgan fingerprint density at radius 1 is 0.960 bits per heavy atom. The standard InChI is InChI=1S/C21H26N2O.ClH/c24-21(23-14-7-12-22-13-15-23)17-20(19-10-5-2-6-11-19)16-18-8-3-1-4-9-18;/h1-6,8-11,20,22H,7,12-17H2;1H. The van der Waals surface area contributed by atoms with Crippen molar-refractivity contribution in [3.05, 3.63) is 71.8 Å². The van der Waals surface area contributed by atoms with Crippen molar-refractivity contribution in [2.75, 3.05) is 26.2 Å². The number of amides is 1. The van der Waals surface area contributed by atoms with Gasteiger partial charge in [0.25, 0.3) is 0 Å². The van der Waals surface area contributed by atoms with Gasteiger partial charge in [-0.15, -0.1) is 12.4 Å². The van der Waals surface area contributed by atoms with Crippen LogP contribution in [0.25, 0.3) is 0 Å². The van der Waals surface area contributed by atoms with Crippen molar-refractivity contribution >= 4 is 18.3 Å². The molecule has 1 unspecified atom stereocenters. The van der Waals surface area contributed by atoms with Crippen LogP contribution in [0.15, 0.2) is 60.7 Å². The van der Waals surface area contributed by atoms with Crippen LogP contribution in [0.4, 0.5) is 0 Å². The third-order valence-electron chi connectivity index (χ3n) is 4.71. The van der Waals surface area contributed by atoms with Gasteiger partial charge in [-0.2, -0.15) is 0 Å². The number of benzene rings is 2. The minimum atomic E-state index is 0. The van der Waals surface area contributed by atoms with E-state index in [0.717, 1.165) is 39.0 Å². The first-order valence-electron chi connectivity index (χ1n) is 8.90. The molecule has 3 nitrogen and oxygen atoms in total. The summed E-state index contributed by atoms with van der Waals surface area (Å²) in [7, 11) is 0. The average molecular weight is 359 g/mol. The maximum absolute atomic E-state index is 12.8. The van der Waals surface area contributed by atoms with E-state index in [1.807, 2.05) is 17.0 Å². The van der Waals surface area contributed by atoms with E-state index in [2.05, 4.69) is 53.8 Å². The summed E-state index contributed by atoms with van der Waals surface area (Å²) in [4.78, 5) is 14.9. The fourth-order valence-electron chi connectivity index (χ4n) is 3.37. The van der Waals surface area contributed by atoms with Crippen LogP contribution in [0, 0.1) is 0 Å². The second kappa shape index (κ2) is 10.2. The molecule has 2 aromatic rings. The second-order valence-electron chi connectivity index (χ2n) is 6.49. The van der Waals surface area contributed by atoms with Crippen molar-refractivity contribution in [2.24, 2.45) is 0 Å². The van der Waals surface area contributed by atoms with Gasteiger partial charge in [0, 0.05) is 26.1 Å². The number of nitrogens with one attached hydrogen (secondary N) is 1. The van der Waals surface area contributed by atoms with E-state index in [0.29, 0.717) is 6.42 Å². The van der Waals surface area contributed by atoms with Crippen LogP contribution < -0.4 is 5.32 Å². The minimum absolute atomic E-state index is 0. The van der Waals surface area contributed by atoms with E-state index >= 15 is 0 Å². The van der Waals surface area contributed by atoms with Crippen LogP contribution in [-0.2, 0) is 11.2 Å². The SMILES string of the molecule is Cl.O=C(CC(Cc1ccccc1)c1ccccc1)N1CCCNCC1. The molecule has 1 aliphatic heterocycles. The van der Waals surface area contributed by atoms with Crippen LogP contribution >= 0.6 is 12.4 Å². The number of halogens is 1. The lowest BCUT2D eigenvalue weighted by atomic mass is 9.89. The van der Waals surface area contributed by atoms with E-state index in [4.69, 9.17) is 0 Å². The average Bonchev–Trinajstić information content (AvgIpc) is 2.92. The maximum atomic E-state index is 12.8. The molecule has 0 aliphatic carbocycles. The van der Waals surface area contributed by atoms with E-state index in [1.54, 1.807) is 0 Å². The van der Waals surface area contributed by atoms with Crippen molar-refractivity contribution in [3.63, 3.8) is 0 Å². The van der Waals surface area contributed by atoms with Crippen molar-refractivity contribution in [1.29, 1.82) is 0 Å². The van der Waals surface area contributed by atoms with Crippen LogP contribution in [0.3, 0.4) is 0 Å². The summed E-state index contributed by atoms with van der Waals surface area (Å²) in [5.74, 6) is 0.515. The quantitative estimate of drug-likeness (QED) is 0.884. The Morgan fingerprint density at radius 2 is 1.64 bits per heavy atom. The molecule has 1 saturated heterocycles. The molecular formula is C21H27ClN2O. The highest BCUT2D eigenvalue weighted by atomic mass is 35.5. The summed E-state index contributed by atoms with van der Waals surface area (Å²) in [6.07, 6.45) is 2.53. The molecule has 134 valence electrons. The third kappa shape index (κ3) is 5.87. The summed E-state index contributed by atoms with van der Waals surface area (Å²) in [6.45, 7) is 3.61. The minimum Gasteiger partial charge on any atom is -0.341 e. The molecule has 1 heterocycles. The van der Waals surface area contributed by atoms with Gasteiger partial charge in [-0.05, 0) is 36.4 Å². The van der Waals surface area contributed by atoms with Gasteiger partial charge in [-0.3, -0.25) is 4.79 Å². The lowest BCUT2D eigenvalue weighted by Crippen LogP contribution is -2.35. The fraction of sp³-hybridized carbons (Fsp3) is 0.381. The number of carbonyl (C=O) groups is 1. The molecule has 0 spiro atoms. The Labute approximate surface area is 156 Å². The fourth-order valence-corrected chi connectivity index (χ4v) is 3.37. The zero-order valence-corrected chi connectivity index (χ0v) is 15.4. The van der Waals surface area contributed by atoms with Gasteiger partial charge >= 0.3 is 0 Å². The Hall–Kier alpha value is -1.84. The monoisotopic (exact) mass is 358 g/mol. The van der Waals surface area contributed by atoms with Gasteiger partial charge in [0.2, 0.25) is 5.91 Å². The van der Waals surface area contributed by atoms with Crippen molar-refractivity contribution in [1.82, 2.24) is 10.2 Å². The summed E-state index contributed by atoms with van der Waals surface area (Å²) in [5.41, 5.74) is 2.54. The molecule has 1 atom stereocenters. The molecule has 0 radical (unpaired) electrons. The van der Waals surface area contributed by atoms with Gasteiger partial charge in [-0.25, -0.2) is 0 Å². The zero-order valence-electron chi connectivity index (χ0n) is 14.6. The van der Waals surface area contributed by atoms with E-state index in [9.17, 15) is 4.79 Å². The Kier molecular flexibility index (Phi) is 7.96. The van der Waals surface area contributed by atoms with Crippen molar-refractivity contribution < 1.29 is 4.79 Å². The van der Waals surface area contributed by atoms with Crippen LogP contribution in [-0.4, -0.2) is 37.0 Å². The van der Waals surface area contributed by atoms with Gasteiger partial charge in [0.1, 0.15) is 0 Å². The highest BCUT2D eigenvalue weighted by Gasteiger charge is 2.21. The molecule has 0 aromatic heterocycles. The predicted octanol–water partition coefficient (Wildman–Crippen LogP) is 3.65. The topological polar surface area (TPSA) is 32.3 Å². The van der Waals surface area contributed by atoms with Crippen molar-refractivity contribution in [3.8, 4) is 0 Å². The maximum Gasteiger partial charge on any atom is 0.223 e. The predicted molar refractivity (Wildman–Crippen MR) is 105 cm³/mol. The molecule has 1 aliphatic rings.